The van der Waals surface area contributed by atoms with E-state index in [1.165, 1.54) is 0 Å². The van der Waals surface area contributed by atoms with Gasteiger partial charge in [-0.25, -0.2) is 4.98 Å². The van der Waals surface area contributed by atoms with Crippen molar-refractivity contribution in [1.82, 2.24) is 10.3 Å². The lowest BCUT2D eigenvalue weighted by molar-refractivity contribution is 0.0550. The van der Waals surface area contributed by atoms with E-state index in [1.807, 2.05) is 0 Å². The second-order valence-corrected chi connectivity index (χ2v) is 3.97. The average Bonchev–Trinajstić information content (AvgIpc) is 2.31. The highest BCUT2D eigenvalue weighted by molar-refractivity contribution is 6.32. The normalized spacial score (nSPS) is 19.8. The molecule has 1 aliphatic heterocycles. The fourth-order valence-electron chi connectivity index (χ4n) is 1.12. The Hall–Kier alpha value is -0.390. The standard InChI is InChI=1S/C5H3Cl2N.C5H11NO2/c6-4-2-1-3-5(7)8-4;7-3-5-4-8-2-1-6-5/h1-3H;5-7H,1-4H2. The van der Waals surface area contributed by atoms with Crippen LogP contribution in [0.3, 0.4) is 0 Å². The maximum atomic E-state index is 8.55. The molecule has 0 aromatic carbocycles. The van der Waals surface area contributed by atoms with Gasteiger partial charge in [-0.3, -0.25) is 0 Å². The summed E-state index contributed by atoms with van der Waals surface area (Å²) in [5.74, 6) is 0. The maximum absolute atomic E-state index is 8.55. The SMILES string of the molecule is Clc1cccc(Cl)n1.OCC1COCCN1. The van der Waals surface area contributed by atoms with E-state index in [1.54, 1.807) is 18.2 Å². The monoisotopic (exact) mass is 264 g/mol. The second-order valence-electron chi connectivity index (χ2n) is 3.19. The van der Waals surface area contributed by atoms with Crippen molar-refractivity contribution in [3.05, 3.63) is 28.5 Å². The van der Waals surface area contributed by atoms with Crippen molar-refractivity contribution in [1.29, 1.82) is 0 Å². The Bertz CT molecular complexity index is 289. The van der Waals surface area contributed by atoms with Gasteiger partial charge in [-0.05, 0) is 12.1 Å². The maximum Gasteiger partial charge on any atom is 0.130 e. The predicted molar refractivity (Wildman–Crippen MR) is 64.0 cm³/mol. The van der Waals surface area contributed by atoms with Crippen LogP contribution >= 0.6 is 23.2 Å². The summed E-state index contributed by atoms with van der Waals surface area (Å²) >= 11 is 10.9. The minimum absolute atomic E-state index is 0.170. The van der Waals surface area contributed by atoms with E-state index >= 15 is 0 Å². The summed E-state index contributed by atoms with van der Waals surface area (Å²) < 4.78 is 5.05. The number of halogens is 2. The summed E-state index contributed by atoms with van der Waals surface area (Å²) in [4.78, 5) is 3.70. The third-order valence-electron chi connectivity index (χ3n) is 1.90. The highest BCUT2D eigenvalue weighted by Gasteiger charge is 2.09. The number of aliphatic hydroxyl groups is 1. The number of aromatic nitrogens is 1. The van der Waals surface area contributed by atoms with E-state index in [0.29, 0.717) is 16.9 Å². The van der Waals surface area contributed by atoms with Gasteiger partial charge in [0.05, 0.1) is 25.9 Å². The van der Waals surface area contributed by atoms with E-state index in [2.05, 4.69) is 10.3 Å². The summed E-state index contributed by atoms with van der Waals surface area (Å²) in [6.07, 6.45) is 0. The molecule has 0 bridgehead atoms. The summed E-state index contributed by atoms with van der Waals surface area (Å²) in [7, 11) is 0. The topological polar surface area (TPSA) is 54.4 Å². The molecule has 1 aromatic rings. The van der Waals surface area contributed by atoms with Crippen molar-refractivity contribution in [3.8, 4) is 0 Å². The van der Waals surface area contributed by atoms with E-state index in [-0.39, 0.29) is 12.6 Å². The van der Waals surface area contributed by atoms with Crippen molar-refractivity contribution >= 4 is 23.2 Å². The molecule has 0 radical (unpaired) electrons. The number of morpholine rings is 1. The van der Waals surface area contributed by atoms with E-state index in [0.717, 1.165) is 13.2 Å². The number of aliphatic hydroxyl groups excluding tert-OH is 1. The first-order chi connectivity index (χ1) is 7.72. The van der Waals surface area contributed by atoms with Crippen LogP contribution in [0.2, 0.25) is 10.3 Å². The highest BCUT2D eigenvalue weighted by atomic mass is 35.5. The summed E-state index contributed by atoms with van der Waals surface area (Å²) in [6, 6.07) is 5.27. The zero-order chi connectivity index (χ0) is 11.8. The molecule has 1 saturated heterocycles. The molecule has 0 aliphatic carbocycles. The van der Waals surface area contributed by atoms with Gasteiger partial charge in [0, 0.05) is 6.54 Å². The fourth-order valence-corrected chi connectivity index (χ4v) is 1.49. The molecule has 0 saturated carbocycles. The number of ether oxygens (including phenoxy) is 1. The molecule has 90 valence electrons. The van der Waals surface area contributed by atoms with Crippen molar-refractivity contribution in [2.24, 2.45) is 0 Å². The molecule has 1 fully saturated rings. The quantitative estimate of drug-likeness (QED) is 0.753. The van der Waals surface area contributed by atoms with E-state index < -0.39 is 0 Å². The Morgan fingerprint density at radius 3 is 2.44 bits per heavy atom. The number of rotatable bonds is 1. The zero-order valence-electron chi connectivity index (χ0n) is 8.70. The van der Waals surface area contributed by atoms with Crippen LogP contribution in [0.15, 0.2) is 18.2 Å². The lowest BCUT2D eigenvalue weighted by Gasteiger charge is -2.21. The van der Waals surface area contributed by atoms with Gasteiger partial charge in [0.2, 0.25) is 0 Å². The number of nitrogens with zero attached hydrogens (tertiary/aromatic N) is 1. The van der Waals surface area contributed by atoms with Crippen LogP contribution in [0.25, 0.3) is 0 Å². The molecule has 1 unspecified atom stereocenters. The number of nitrogens with one attached hydrogen (secondary N) is 1. The smallest absolute Gasteiger partial charge is 0.130 e. The van der Waals surface area contributed by atoms with Gasteiger partial charge in [-0.1, -0.05) is 29.3 Å². The summed E-state index contributed by atoms with van der Waals surface area (Å²) in [6.45, 7) is 2.47. The number of pyridine rings is 1. The average molecular weight is 265 g/mol. The Labute approximate surface area is 105 Å². The number of hydrogen-bond acceptors (Lipinski definition) is 4. The molecule has 2 rings (SSSR count). The van der Waals surface area contributed by atoms with Crippen LogP contribution in [0, 0.1) is 0 Å². The molecule has 2 N–H and O–H groups in total. The van der Waals surface area contributed by atoms with Gasteiger partial charge >= 0.3 is 0 Å². The van der Waals surface area contributed by atoms with Crippen molar-refractivity contribution < 1.29 is 9.84 Å². The molecule has 1 atom stereocenters. The lowest BCUT2D eigenvalue weighted by atomic mass is 10.3. The fraction of sp³-hybridized carbons (Fsp3) is 0.500. The third kappa shape index (κ3) is 5.63. The summed E-state index contributed by atoms with van der Waals surface area (Å²) in [5.41, 5.74) is 0. The Kier molecular flexibility index (Phi) is 6.68. The molecule has 1 aliphatic rings. The van der Waals surface area contributed by atoms with Crippen molar-refractivity contribution in [3.63, 3.8) is 0 Å². The lowest BCUT2D eigenvalue weighted by Crippen LogP contribution is -2.43. The zero-order valence-corrected chi connectivity index (χ0v) is 10.2. The Morgan fingerprint density at radius 1 is 1.44 bits per heavy atom. The van der Waals surface area contributed by atoms with Gasteiger partial charge in [0.25, 0.3) is 0 Å². The second kappa shape index (κ2) is 7.81. The molecular weight excluding hydrogens is 251 g/mol. The van der Waals surface area contributed by atoms with Crippen molar-refractivity contribution in [2.75, 3.05) is 26.4 Å². The Morgan fingerprint density at radius 2 is 2.12 bits per heavy atom. The van der Waals surface area contributed by atoms with Crippen LogP contribution < -0.4 is 5.32 Å². The first-order valence-electron chi connectivity index (χ1n) is 4.92. The highest BCUT2D eigenvalue weighted by Crippen LogP contribution is 2.08. The van der Waals surface area contributed by atoms with Gasteiger partial charge in [0.15, 0.2) is 0 Å². The number of hydrogen-bond donors (Lipinski definition) is 2. The summed E-state index contributed by atoms with van der Waals surface area (Å²) in [5, 5.41) is 12.5. The van der Waals surface area contributed by atoms with Gasteiger partial charge in [0.1, 0.15) is 10.3 Å². The molecule has 0 amide bonds. The van der Waals surface area contributed by atoms with Crippen LogP contribution in [0.1, 0.15) is 0 Å². The van der Waals surface area contributed by atoms with E-state index in [9.17, 15) is 0 Å². The molecule has 2 heterocycles. The van der Waals surface area contributed by atoms with Gasteiger partial charge in [-0.2, -0.15) is 0 Å². The van der Waals surface area contributed by atoms with E-state index in [4.69, 9.17) is 33.0 Å². The molecule has 4 nitrogen and oxygen atoms in total. The van der Waals surface area contributed by atoms with Crippen LogP contribution in [-0.2, 0) is 4.74 Å². The third-order valence-corrected chi connectivity index (χ3v) is 2.32. The molecule has 0 spiro atoms. The van der Waals surface area contributed by atoms with Gasteiger partial charge in [-0.15, -0.1) is 0 Å². The molecular formula is C10H14Cl2N2O2. The molecule has 6 heteroatoms. The minimum atomic E-state index is 0.170. The van der Waals surface area contributed by atoms with Crippen LogP contribution in [0.5, 0.6) is 0 Å². The largest absolute Gasteiger partial charge is 0.395 e. The Balaban J connectivity index is 0.000000160. The van der Waals surface area contributed by atoms with Crippen molar-refractivity contribution in [2.45, 2.75) is 6.04 Å². The molecule has 1 aromatic heterocycles. The molecule has 16 heavy (non-hydrogen) atoms. The first kappa shape index (κ1) is 13.7. The first-order valence-corrected chi connectivity index (χ1v) is 5.68. The minimum Gasteiger partial charge on any atom is -0.395 e. The van der Waals surface area contributed by atoms with Crippen LogP contribution in [-0.4, -0.2) is 42.5 Å². The van der Waals surface area contributed by atoms with Crippen LogP contribution in [0.4, 0.5) is 0 Å². The predicted octanol–water partition coefficient (Wildman–Crippen LogP) is 1.36. The van der Waals surface area contributed by atoms with Gasteiger partial charge < -0.3 is 15.2 Å².